The third-order valence-electron chi connectivity index (χ3n) is 4.80. The topological polar surface area (TPSA) is 106 Å². The second kappa shape index (κ2) is 9.56. The molecule has 2 heterocycles. The monoisotopic (exact) mass is 413 g/mol. The number of amides is 3. The van der Waals surface area contributed by atoms with Crippen molar-refractivity contribution in [1.29, 1.82) is 5.26 Å². The van der Waals surface area contributed by atoms with Crippen LogP contribution in [-0.4, -0.2) is 64.6 Å². The van der Waals surface area contributed by atoms with E-state index in [0.717, 1.165) is 31.1 Å². The van der Waals surface area contributed by atoms with Gasteiger partial charge < -0.3 is 15.1 Å². The Morgan fingerprint density at radius 2 is 2.00 bits per heavy atom. The molecule has 8 nitrogen and oxygen atoms in total. The molecule has 0 aliphatic carbocycles. The SMILES string of the molecule is CN(CCC#N)C(=O)c1ccc(NC(=O)CC2SC(N3CCCC3)=NC2=O)cc1. The number of amidine groups is 1. The van der Waals surface area contributed by atoms with Crippen molar-refractivity contribution < 1.29 is 14.4 Å². The third kappa shape index (κ3) is 5.35. The van der Waals surface area contributed by atoms with Crippen LogP contribution in [0.5, 0.6) is 0 Å². The van der Waals surface area contributed by atoms with Crippen LogP contribution in [0.3, 0.4) is 0 Å². The van der Waals surface area contributed by atoms with Crippen molar-refractivity contribution >= 4 is 40.3 Å². The standard InChI is InChI=1S/C20H23N5O3S/c1-24(10-4-9-21)19(28)14-5-7-15(8-6-14)22-17(26)13-16-18(27)23-20(29-16)25-11-2-3-12-25/h5-8,16H,2-4,10-13H2,1H3,(H,22,26). The molecule has 3 amide bonds. The lowest BCUT2D eigenvalue weighted by Gasteiger charge is -2.16. The van der Waals surface area contributed by atoms with E-state index in [1.54, 1.807) is 31.3 Å². The maximum atomic E-state index is 12.3. The minimum atomic E-state index is -0.486. The van der Waals surface area contributed by atoms with Crippen molar-refractivity contribution in [3.63, 3.8) is 0 Å². The zero-order chi connectivity index (χ0) is 20.8. The van der Waals surface area contributed by atoms with E-state index in [1.807, 2.05) is 6.07 Å². The molecule has 1 fully saturated rings. The summed E-state index contributed by atoms with van der Waals surface area (Å²) in [6, 6.07) is 8.57. The molecule has 152 valence electrons. The summed E-state index contributed by atoms with van der Waals surface area (Å²) in [6.07, 6.45) is 2.54. The van der Waals surface area contributed by atoms with Gasteiger partial charge in [0.25, 0.3) is 11.8 Å². The molecular weight excluding hydrogens is 390 g/mol. The van der Waals surface area contributed by atoms with Crippen molar-refractivity contribution in [3.8, 4) is 6.07 Å². The number of likely N-dealkylation sites (tertiary alicyclic amines) is 1. The highest BCUT2D eigenvalue weighted by Crippen LogP contribution is 2.29. The Labute approximate surface area is 173 Å². The second-order valence-corrected chi connectivity index (χ2v) is 8.17. The first-order valence-electron chi connectivity index (χ1n) is 9.54. The number of carbonyl (C=O) groups is 3. The smallest absolute Gasteiger partial charge is 0.262 e. The molecule has 1 atom stereocenters. The van der Waals surface area contributed by atoms with Gasteiger partial charge in [0, 0.05) is 44.4 Å². The van der Waals surface area contributed by atoms with E-state index in [2.05, 4.69) is 15.2 Å². The van der Waals surface area contributed by atoms with Crippen molar-refractivity contribution in [2.24, 2.45) is 4.99 Å². The van der Waals surface area contributed by atoms with E-state index in [-0.39, 0.29) is 30.6 Å². The molecule has 1 aromatic carbocycles. The first-order chi connectivity index (χ1) is 14.0. The maximum Gasteiger partial charge on any atom is 0.262 e. The number of nitrogens with one attached hydrogen (secondary N) is 1. The Balaban J connectivity index is 1.50. The molecule has 0 radical (unpaired) electrons. The Hall–Kier alpha value is -2.86. The summed E-state index contributed by atoms with van der Waals surface area (Å²) in [6.45, 7) is 2.19. The van der Waals surface area contributed by atoms with E-state index in [4.69, 9.17) is 5.26 Å². The van der Waals surface area contributed by atoms with Gasteiger partial charge in [-0.2, -0.15) is 10.3 Å². The zero-order valence-electron chi connectivity index (χ0n) is 16.3. The number of thioether (sulfide) groups is 1. The van der Waals surface area contributed by atoms with Crippen molar-refractivity contribution in [2.75, 3.05) is 32.0 Å². The summed E-state index contributed by atoms with van der Waals surface area (Å²) in [5.41, 5.74) is 1.04. The average Bonchev–Trinajstić information content (AvgIpc) is 3.36. The highest BCUT2D eigenvalue weighted by atomic mass is 32.2. The molecule has 1 aromatic rings. The molecule has 2 aliphatic rings. The molecule has 1 saturated heterocycles. The van der Waals surface area contributed by atoms with Crippen molar-refractivity contribution in [3.05, 3.63) is 29.8 Å². The fourth-order valence-electron chi connectivity index (χ4n) is 3.17. The van der Waals surface area contributed by atoms with E-state index in [0.29, 0.717) is 17.8 Å². The lowest BCUT2D eigenvalue weighted by Crippen LogP contribution is -2.27. The minimum Gasteiger partial charge on any atom is -0.351 e. The van der Waals surface area contributed by atoms with Crippen LogP contribution in [0.4, 0.5) is 5.69 Å². The fourth-order valence-corrected chi connectivity index (χ4v) is 4.29. The van der Waals surface area contributed by atoms with Crippen LogP contribution in [0.2, 0.25) is 0 Å². The van der Waals surface area contributed by atoms with Crippen LogP contribution in [0.15, 0.2) is 29.3 Å². The molecule has 3 rings (SSSR count). The maximum absolute atomic E-state index is 12.3. The van der Waals surface area contributed by atoms with Crippen LogP contribution in [0.25, 0.3) is 0 Å². The van der Waals surface area contributed by atoms with E-state index >= 15 is 0 Å². The predicted octanol–water partition coefficient (Wildman–Crippen LogP) is 2.09. The molecule has 0 saturated carbocycles. The van der Waals surface area contributed by atoms with Crippen LogP contribution in [-0.2, 0) is 9.59 Å². The van der Waals surface area contributed by atoms with Gasteiger partial charge >= 0.3 is 0 Å². The van der Waals surface area contributed by atoms with Gasteiger partial charge in [0.05, 0.1) is 12.5 Å². The molecule has 0 aromatic heterocycles. The normalized spacial score (nSPS) is 18.3. The first-order valence-corrected chi connectivity index (χ1v) is 10.4. The van der Waals surface area contributed by atoms with Crippen LogP contribution in [0, 0.1) is 11.3 Å². The molecule has 29 heavy (non-hydrogen) atoms. The van der Waals surface area contributed by atoms with Gasteiger partial charge in [-0.25, -0.2) is 0 Å². The predicted molar refractivity (Wildman–Crippen MR) is 112 cm³/mol. The van der Waals surface area contributed by atoms with Crippen molar-refractivity contribution in [1.82, 2.24) is 9.80 Å². The van der Waals surface area contributed by atoms with Gasteiger partial charge in [0.1, 0.15) is 5.25 Å². The van der Waals surface area contributed by atoms with Gasteiger partial charge in [-0.05, 0) is 37.1 Å². The number of nitriles is 1. The summed E-state index contributed by atoms with van der Waals surface area (Å²) in [5, 5.41) is 11.6. The summed E-state index contributed by atoms with van der Waals surface area (Å²) in [5.74, 6) is -0.704. The largest absolute Gasteiger partial charge is 0.351 e. The Kier molecular flexibility index (Phi) is 6.88. The van der Waals surface area contributed by atoms with Gasteiger partial charge in [-0.15, -0.1) is 0 Å². The van der Waals surface area contributed by atoms with E-state index in [1.165, 1.54) is 16.7 Å². The van der Waals surface area contributed by atoms with Gasteiger partial charge in [0.15, 0.2) is 5.17 Å². The molecule has 1 N–H and O–H groups in total. The first kappa shape index (κ1) is 20.9. The number of carbonyl (C=O) groups excluding carboxylic acids is 3. The number of aliphatic imine (C=N–C) groups is 1. The quantitative estimate of drug-likeness (QED) is 0.765. The molecule has 2 aliphatic heterocycles. The summed E-state index contributed by atoms with van der Waals surface area (Å²) >= 11 is 1.36. The molecule has 1 unspecified atom stereocenters. The van der Waals surface area contributed by atoms with E-state index in [9.17, 15) is 14.4 Å². The number of anilines is 1. The van der Waals surface area contributed by atoms with Crippen LogP contribution < -0.4 is 5.32 Å². The minimum absolute atomic E-state index is 0.0575. The third-order valence-corrected chi connectivity index (χ3v) is 6.01. The van der Waals surface area contributed by atoms with Gasteiger partial charge in [0.2, 0.25) is 5.91 Å². The lowest BCUT2D eigenvalue weighted by molar-refractivity contribution is -0.121. The van der Waals surface area contributed by atoms with Gasteiger partial charge in [-0.3, -0.25) is 14.4 Å². The lowest BCUT2D eigenvalue weighted by atomic mass is 10.1. The highest BCUT2D eigenvalue weighted by molar-refractivity contribution is 8.15. The number of rotatable bonds is 6. The van der Waals surface area contributed by atoms with Crippen LogP contribution in [0.1, 0.15) is 36.0 Å². The van der Waals surface area contributed by atoms with E-state index < -0.39 is 5.25 Å². The van der Waals surface area contributed by atoms with Crippen molar-refractivity contribution in [2.45, 2.75) is 30.9 Å². The second-order valence-electron chi connectivity index (χ2n) is 7.00. The average molecular weight is 414 g/mol. The number of hydrogen-bond acceptors (Lipinski definition) is 6. The highest BCUT2D eigenvalue weighted by Gasteiger charge is 2.33. The molecule has 0 bridgehead atoms. The number of nitrogens with zero attached hydrogens (tertiary/aromatic N) is 4. The Morgan fingerprint density at radius 3 is 2.66 bits per heavy atom. The summed E-state index contributed by atoms with van der Waals surface area (Å²) in [7, 11) is 1.64. The Morgan fingerprint density at radius 1 is 1.31 bits per heavy atom. The Bertz CT molecular complexity index is 856. The number of hydrogen-bond donors (Lipinski definition) is 1. The molecular formula is C20H23N5O3S. The zero-order valence-corrected chi connectivity index (χ0v) is 17.1. The molecule has 9 heteroatoms. The van der Waals surface area contributed by atoms with Crippen LogP contribution >= 0.6 is 11.8 Å². The number of benzene rings is 1. The molecule has 0 spiro atoms. The fraction of sp³-hybridized carbons (Fsp3) is 0.450. The van der Waals surface area contributed by atoms with Gasteiger partial charge in [-0.1, -0.05) is 11.8 Å². The summed E-state index contributed by atoms with van der Waals surface area (Å²) in [4.78, 5) is 44.4. The summed E-state index contributed by atoms with van der Waals surface area (Å²) < 4.78 is 0.